The molecule has 2 N–H and O–H groups in total. The average molecular weight is 223 g/mol. The summed E-state index contributed by atoms with van der Waals surface area (Å²) in [7, 11) is 0. The van der Waals surface area contributed by atoms with Crippen LogP contribution in [0.2, 0.25) is 0 Å². The lowest BCUT2D eigenvalue weighted by atomic mass is 10.0. The summed E-state index contributed by atoms with van der Waals surface area (Å²) >= 11 is 0. The number of rotatable bonds is 3. The predicted octanol–water partition coefficient (Wildman–Crippen LogP) is 3.17. The monoisotopic (exact) mass is 223 g/mol. The fourth-order valence-corrected chi connectivity index (χ4v) is 1.73. The van der Waals surface area contributed by atoms with Gasteiger partial charge < -0.3 is 5.73 Å². The Bertz CT molecular complexity index is 345. The molecule has 0 aromatic carbocycles. The molecule has 1 unspecified atom stereocenters. The van der Waals surface area contributed by atoms with Gasteiger partial charge in [0.1, 0.15) is 0 Å². The van der Waals surface area contributed by atoms with E-state index in [1.807, 2.05) is 6.92 Å². The summed E-state index contributed by atoms with van der Waals surface area (Å²) in [4.78, 5) is 0. The molecule has 0 fully saturated rings. The van der Waals surface area contributed by atoms with Gasteiger partial charge in [0.15, 0.2) is 0 Å². The second-order valence-electron chi connectivity index (χ2n) is 5.67. The highest BCUT2D eigenvalue weighted by Crippen LogP contribution is 2.25. The SMILES string of the molecule is CCC(C)c1cc([C@@H](C)N)n(C(C)(C)C)n1. The summed E-state index contributed by atoms with van der Waals surface area (Å²) in [6, 6.07) is 2.19. The third-order valence-corrected chi connectivity index (χ3v) is 2.98. The molecule has 0 bridgehead atoms. The first-order valence-electron chi connectivity index (χ1n) is 6.13. The maximum absolute atomic E-state index is 6.01. The highest BCUT2D eigenvalue weighted by molar-refractivity contribution is 5.18. The molecule has 0 aliphatic rings. The molecule has 1 heterocycles. The van der Waals surface area contributed by atoms with Crippen molar-refractivity contribution >= 4 is 0 Å². The molecule has 3 nitrogen and oxygen atoms in total. The van der Waals surface area contributed by atoms with Gasteiger partial charge >= 0.3 is 0 Å². The summed E-state index contributed by atoms with van der Waals surface area (Å²) in [5, 5.41) is 4.71. The lowest BCUT2D eigenvalue weighted by Gasteiger charge is -2.23. The number of nitrogens with zero attached hydrogens (tertiary/aromatic N) is 2. The van der Waals surface area contributed by atoms with Gasteiger partial charge in [0.25, 0.3) is 0 Å². The number of hydrogen-bond donors (Lipinski definition) is 1. The van der Waals surface area contributed by atoms with E-state index in [0.717, 1.165) is 17.8 Å². The maximum atomic E-state index is 6.01. The van der Waals surface area contributed by atoms with Gasteiger partial charge in [0.05, 0.1) is 16.9 Å². The van der Waals surface area contributed by atoms with Crippen molar-refractivity contribution in [3.63, 3.8) is 0 Å². The van der Waals surface area contributed by atoms with E-state index in [2.05, 4.69) is 45.4 Å². The van der Waals surface area contributed by atoms with Crippen molar-refractivity contribution in [2.24, 2.45) is 5.73 Å². The molecule has 0 amide bonds. The van der Waals surface area contributed by atoms with Crippen LogP contribution in [0.1, 0.15) is 71.3 Å². The van der Waals surface area contributed by atoms with Crippen LogP contribution >= 0.6 is 0 Å². The van der Waals surface area contributed by atoms with Crippen molar-refractivity contribution in [3.8, 4) is 0 Å². The van der Waals surface area contributed by atoms with E-state index >= 15 is 0 Å². The Morgan fingerprint density at radius 1 is 1.38 bits per heavy atom. The third-order valence-electron chi connectivity index (χ3n) is 2.98. The van der Waals surface area contributed by atoms with Gasteiger partial charge in [-0.1, -0.05) is 13.8 Å². The minimum absolute atomic E-state index is 0.00528. The van der Waals surface area contributed by atoms with Crippen LogP contribution in [0, 0.1) is 0 Å². The van der Waals surface area contributed by atoms with Crippen LogP contribution < -0.4 is 5.73 Å². The highest BCUT2D eigenvalue weighted by atomic mass is 15.3. The summed E-state index contributed by atoms with van der Waals surface area (Å²) in [6.07, 6.45) is 1.11. The summed E-state index contributed by atoms with van der Waals surface area (Å²) in [6.45, 7) is 12.9. The van der Waals surface area contributed by atoms with E-state index in [0.29, 0.717) is 5.92 Å². The lowest BCUT2D eigenvalue weighted by Crippen LogP contribution is -2.27. The van der Waals surface area contributed by atoms with Crippen LogP contribution in [0.4, 0.5) is 0 Å². The highest BCUT2D eigenvalue weighted by Gasteiger charge is 2.22. The van der Waals surface area contributed by atoms with Crippen LogP contribution in [0.15, 0.2) is 6.07 Å². The molecule has 0 radical (unpaired) electrons. The standard InChI is InChI=1S/C13H25N3/c1-7-9(2)11-8-12(10(3)14)16(15-11)13(4,5)6/h8-10H,7,14H2,1-6H3/t9?,10-/m1/s1. The minimum atomic E-state index is -0.00528. The van der Waals surface area contributed by atoms with Gasteiger partial charge in [0.2, 0.25) is 0 Å². The molecular weight excluding hydrogens is 198 g/mol. The first-order chi connectivity index (χ1) is 7.27. The van der Waals surface area contributed by atoms with E-state index in [9.17, 15) is 0 Å². The molecule has 0 spiro atoms. The van der Waals surface area contributed by atoms with Crippen LogP contribution in [0.25, 0.3) is 0 Å². The number of aromatic nitrogens is 2. The first-order valence-corrected chi connectivity index (χ1v) is 6.13. The van der Waals surface area contributed by atoms with E-state index in [4.69, 9.17) is 10.8 Å². The van der Waals surface area contributed by atoms with Crippen molar-refractivity contribution in [3.05, 3.63) is 17.5 Å². The fraction of sp³-hybridized carbons (Fsp3) is 0.769. The fourth-order valence-electron chi connectivity index (χ4n) is 1.73. The van der Waals surface area contributed by atoms with E-state index in [1.54, 1.807) is 0 Å². The summed E-state index contributed by atoms with van der Waals surface area (Å²) < 4.78 is 2.07. The van der Waals surface area contributed by atoms with Gasteiger partial charge in [-0.05, 0) is 46.1 Å². The Morgan fingerprint density at radius 3 is 2.25 bits per heavy atom. The first kappa shape index (κ1) is 13.2. The van der Waals surface area contributed by atoms with Crippen molar-refractivity contribution in [2.45, 2.75) is 65.5 Å². The quantitative estimate of drug-likeness (QED) is 0.855. The molecular formula is C13H25N3. The van der Waals surface area contributed by atoms with Gasteiger partial charge in [-0.2, -0.15) is 5.10 Å². The maximum Gasteiger partial charge on any atom is 0.0656 e. The molecule has 92 valence electrons. The van der Waals surface area contributed by atoms with E-state index in [-0.39, 0.29) is 11.6 Å². The van der Waals surface area contributed by atoms with Crippen molar-refractivity contribution in [1.82, 2.24) is 9.78 Å². The van der Waals surface area contributed by atoms with Crippen molar-refractivity contribution in [2.75, 3.05) is 0 Å². The van der Waals surface area contributed by atoms with E-state index in [1.165, 1.54) is 0 Å². The molecule has 0 aliphatic heterocycles. The zero-order valence-electron chi connectivity index (χ0n) is 11.4. The normalized spacial score (nSPS) is 16.2. The second-order valence-corrected chi connectivity index (χ2v) is 5.67. The lowest BCUT2D eigenvalue weighted by molar-refractivity contribution is 0.334. The van der Waals surface area contributed by atoms with Gasteiger partial charge in [-0.3, -0.25) is 4.68 Å². The Hall–Kier alpha value is -0.830. The van der Waals surface area contributed by atoms with Crippen molar-refractivity contribution in [1.29, 1.82) is 0 Å². The average Bonchev–Trinajstić information content (AvgIpc) is 2.60. The van der Waals surface area contributed by atoms with Crippen LogP contribution in [0.5, 0.6) is 0 Å². The summed E-state index contributed by atoms with van der Waals surface area (Å²) in [5.41, 5.74) is 8.28. The van der Waals surface area contributed by atoms with Crippen LogP contribution in [-0.4, -0.2) is 9.78 Å². The molecule has 1 aromatic heterocycles. The van der Waals surface area contributed by atoms with Crippen LogP contribution in [-0.2, 0) is 5.54 Å². The smallest absolute Gasteiger partial charge is 0.0656 e. The van der Waals surface area contributed by atoms with E-state index < -0.39 is 0 Å². The van der Waals surface area contributed by atoms with Gasteiger partial charge in [0, 0.05) is 6.04 Å². The predicted molar refractivity (Wildman–Crippen MR) is 68.5 cm³/mol. The molecule has 2 atom stereocenters. The van der Waals surface area contributed by atoms with Crippen LogP contribution in [0.3, 0.4) is 0 Å². The molecule has 0 saturated carbocycles. The number of hydrogen-bond acceptors (Lipinski definition) is 2. The zero-order chi connectivity index (χ0) is 12.5. The molecule has 1 aromatic rings. The van der Waals surface area contributed by atoms with Crippen molar-refractivity contribution < 1.29 is 0 Å². The Balaban J connectivity index is 3.21. The summed E-state index contributed by atoms with van der Waals surface area (Å²) in [5.74, 6) is 0.501. The minimum Gasteiger partial charge on any atom is -0.323 e. The third kappa shape index (κ3) is 2.64. The molecule has 16 heavy (non-hydrogen) atoms. The second kappa shape index (κ2) is 4.58. The molecule has 0 aliphatic carbocycles. The topological polar surface area (TPSA) is 43.8 Å². The molecule has 1 rings (SSSR count). The Kier molecular flexibility index (Phi) is 3.79. The molecule has 3 heteroatoms. The number of nitrogens with two attached hydrogens (primary N) is 1. The van der Waals surface area contributed by atoms with Gasteiger partial charge in [-0.15, -0.1) is 0 Å². The largest absolute Gasteiger partial charge is 0.323 e. The molecule has 0 saturated heterocycles. The Labute approximate surface area is 99.0 Å². The zero-order valence-corrected chi connectivity index (χ0v) is 11.4. The Morgan fingerprint density at radius 2 is 1.94 bits per heavy atom. The van der Waals surface area contributed by atoms with Gasteiger partial charge in [-0.25, -0.2) is 0 Å².